The van der Waals surface area contributed by atoms with Crippen molar-refractivity contribution >= 4 is 15.9 Å². The Labute approximate surface area is 101 Å². The summed E-state index contributed by atoms with van der Waals surface area (Å²) in [6, 6.07) is 0. The molecule has 0 spiro atoms. The van der Waals surface area contributed by atoms with E-state index >= 15 is 0 Å². The molecule has 15 heavy (non-hydrogen) atoms. The zero-order valence-corrected chi connectivity index (χ0v) is 11.0. The number of halogens is 1. The molecule has 0 aromatic heterocycles. The Hall–Kier alpha value is 0.440. The predicted octanol–water partition coefficient (Wildman–Crippen LogP) is 3.03. The van der Waals surface area contributed by atoms with Crippen LogP contribution in [0.4, 0.5) is 0 Å². The molecule has 0 aromatic rings. The molecule has 4 bridgehead atoms. The first kappa shape index (κ1) is 10.6. The highest BCUT2D eigenvalue weighted by Crippen LogP contribution is 2.58. The van der Waals surface area contributed by atoms with Crippen LogP contribution in [0, 0.1) is 35.5 Å². The molecule has 4 aliphatic carbocycles. The van der Waals surface area contributed by atoms with Crippen molar-refractivity contribution in [1.82, 2.24) is 0 Å². The molecule has 86 valence electrons. The molecule has 4 aliphatic rings. The number of nitrogens with two attached hydrogens (primary N) is 1. The van der Waals surface area contributed by atoms with E-state index in [1.54, 1.807) is 6.42 Å². The minimum absolute atomic E-state index is 0.750. The lowest BCUT2D eigenvalue weighted by Gasteiger charge is -2.56. The van der Waals surface area contributed by atoms with Gasteiger partial charge in [0, 0.05) is 5.33 Å². The molecule has 0 radical (unpaired) electrons. The molecule has 2 heteroatoms. The first-order chi connectivity index (χ1) is 7.31. The van der Waals surface area contributed by atoms with Crippen molar-refractivity contribution in [3.63, 3.8) is 0 Å². The van der Waals surface area contributed by atoms with Gasteiger partial charge in [0.1, 0.15) is 0 Å². The maximum atomic E-state index is 5.93. The number of hydrogen-bond donors (Lipinski definition) is 1. The Kier molecular flexibility index (Phi) is 2.84. The molecule has 4 rings (SSSR count). The van der Waals surface area contributed by atoms with Gasteiger partial charge in [-0.25, -0.2) is 0 Å². The normalized spacial score (nSPS) is 49.6. The number of hydrogen-bond acceptors (Lipinski definition) is 1. The fraction of sp³-hybridized carbons (Fsp3) is 1.00. The maximum absolute atomic E-state index is 5.93. The molecule has 0 heterocycles. The van der Waals surface area contributed by atoms with Crippen molar-refractivity contribution in [1.29, 1.82) is 0 Å². The standard InChI is InChI=1S/C13H22BrN/c14-6-12(7-15)13-10-2-8-1-9(4-10)5-11(13)3-8/h8-13H,1-7,15H2. The topological polar surface area (TPSA) is 26.0 Å². The minimum Gasteiger partial charge on any atom is -0.330 e. The Morgan fingerprint density at radius 3 is 1.93 bits per heavy atom. The van der Waals surface area contributed by atoms with Gasteiger partial charge in [-0.2, -0.15) is 0 Å². The SMILES string of the molecule is NCC(CBr)C1C2CC3CC(C2)CC1C3. The average molecular weight is 272 g/mol. The predicted molar refractivity (Wildman–Crippen MR) is 66.9 cm³/mol. The quantitative estimate of drug-likeness (QED) is 0.785. The fourth-order valence-electron chi connectivity index (χ4n) is 5.06. The number of rotatable bonds is 3. The molecular formula is C13H22BrN. The maximum Gasteiger partial charge on any atom is 0.00745 e. The van der Waals surface area contributed by atoms with Crippen LogP contribution in [0.25, 0.3) is 0 Å². The van der Waals surface area contributed by atoms with Gasteiger partial charge in [-0.1, -0.05) is 15.9 Å². The molecule has 0 aromatic carbocycles. The highest BCUT2D eigenvalue weighted by Gasteiger charge is 2.49. The Balaban J connectivity index is 1.79. The Bertz CT molecular complexity index is 209. The van der Waals surface area contributed by atoms with Crippen LogP contribution < -0.4 is 5.73 Å². The Morgan fingerprint density at radius 2 is 1.53 bits per heavy atom. The van der Waals surface area contributed by atoms with Gasteiger partial charge < -0.3 is 5.73 Å². The van der Waals surface area contributed by atoms with E-state index < -0.39 is 0 Å². The first-order valence-corrected chi connectivity index (χ1v) is 7.70. The van der Waals surface area contributed by atoms with Crippen molar-refractivity contribution < 1.29 is 0 Å². The summed E-state index contributed by atoms with van der Waals surface area (Å²) < 4.78 is 0. The van der Waals surface area contributed by atoms with E-state index in [4.69, 9.17) is 5.73 Å². The third kappa shape index (κ3) is 1.68. The summed E-state index contributed by atoms with van der Waals surface area (Å²) in [5.41, 5.74) is 5.93. The zero-order chi connectivity index (χ0) is 10.4. The fourth-order valence-corrected chi connectivity index (χ4v) is 5.76. The lowest BCUT2D eigenvalue weighted by molar-refractivity contribution is -0.0557. The van der Waals surface area contributed by atoms with Crippen LogP contribution in [0.5, 0.6) is 0 Å². The van der Waals surface area contributed by atoms with Gasteiger partial charge in [0.25, 0.3) is 0 Å². The van der Waals surface area contributed by atoms with Gasteiger partial charge in [-0.15, -0.1) is 0 Å². The van der Waals surface area contributed by atoms with Crippen LogP contribution in [0.2, 0.25) is 0 Å². The zero-order valence-electron chi connectivity index (χ0n) is 9.37. The van der Waals surface area contributed by atoms with E-state index in [0.29, 0.717) is 0 Å². The van der Waals surface area contributed by atoms with Gasteiger partial charge in [-0.05, 0) is 74.2 Å². The summed E-state index contributed by atoms with van der Waals surface area (Å²) >= 11 is 3.67. The van der Waals surface area contributed by atoms with E-state index in [-0.39, 0.29) is 0 Å². The summed E-state index contributed by atoms with van der Waals surface area (Å²) in [7, 11) is 0. The summed E-state index contributed by atoms with van der Waals surface area (Å²) in [5.74, 6) is 5.97. The highest BCUT2D eigenvalue weighted by atomic mass is 79.9. The van der Waals surface area contributed by atoms with Crippen molar-refractivity contribution in [2.24, 2.45) is 41.2 Å². The van der Waals surface area contributed by atoms with Crippen LogP contribution in [-0.2, 0) is 0 Å². The third-order valence-corrected chi connectivity index (χ3v) is 6.18. The van der Waals surface area contributed by atoms with Gasteiger partial charge in [0.15, 0.2) is 0 Å². The minimum atomic E-state index is 0.750. The summed E-state index contributed by atoms with van der Waals surface area (Å²) in [6.45, 7) is 0.887. The molecular weight excluding hydrogens is 250 g/mol. The molecule has 1 nitrogen and oxygen atoms in total. The van der Waals surface area contributed by atoms with Crippen molar-refractivity contribution in [2.45, 2.75) is 32.1 Å². The Morgan fingerprint density at radius 1 is 1.00 bits per heavy atom. The number of alkyl halides is 1. The highest BCUT2D eigenvalue weighted by molar-refractivity contribution is 9.09. The smallest absolute Gasteiger partial charge is 0.00745 e. The first-order valence-electron chi connectivity index (χ1n) is 6.57. The molecule has 0 saturated heterocycles. The molecule has 1 atom stereocenters. The van der Waals surface area contributed by atoms with E-state index in [2.05, 4.69) is 15.9 Å². The van der Waals surface area contributed by atoms with Crippen molar-refractivity contribution in [3.05, 3.63) is 0 Å². The average Bonchev–Trinajstić information content (AvgIpc) is 2.22. The molecule has 0 aliphatic heterocycles. The van der Waals surface area contributed by atoms with Crippen molar-refractivity contribution in [2.75, 3.05) is 11.9 Å². The van der Waals surface area contributed by atoms with Crippen LogP contribution >= 0.6 is 15.9 Å². The second-order valence-electron chi connectivity index (χ2n) is 6.16. The van der Waals surface area contributed by atoms with Crippen LogP contribution in [-0.4, -0.2) is 11.9 Å². The van der Waals surface area contributed by atoms with E-state index in [9.17, 15) is 0 Å². The van der Waals surface area contributed by atoms with E-state index in [1.165, 1.54) is 25.7 Å². The van der Waals surface area contributed by atoms with Crippen LogP contribution in [0.3, 0.4) is 0 Å². The second-order valence-corrected chi connectivity index (χ2v) is 6.81. The molecule has 2 N–H and O–H groups in total. The summed E-state index contributed by atoms with van der Waals surface area (Å²) in [6.07, 6.45) is 7.67. The monoisotopic (exact) mass is 271 g/mol. The van der Waals surface area contributed by atoms with Crippen LogP contribution in [0.15, 0.2) is 0 Å². The van der Waals surface area contributed by atoms with Crippen molar-refractivity contribution in [3.8, 4) is 0 Å². The van der Waals surface area contributed by atoms with Gasteiger partial charge in [0.2, 0.25) is 0 Å². The third-order valence-electron chi connectivity index (χ3n) is 5.34. The summed E-state index contributed by atoms with van der Waals surface area (Å²) in [4.78, 5) is 0. The second kappa shape index (κ2) is 4.03. The van der Waals surface area contributed by atoms with Gasteiger partial charge in [-0.3, -0.25) is 0 Å². The largest absolute Gasteiger partial charge is 0.330 e. The molecule has 4 saturated carbocycles. The van der Waals surface area contributed by atoms with Gasteiger partial charge >= 0.3 is 0 Å². The lowest BCUT2D eigenvalue weighted by Crippen LogP contribution is -2.49. The molecule has 1 unspecified atom stereocenters. The van der Waals surface area contributed by atoms with E-state index in [0.717, 1.165) is 47.4 Å². The lowest BCUT2D eigenvalue weighted by atomic mass is 9.50. The molecule has 0 amide bonds. The van der Waals surface area contributed by atoms with Gasteiger partial charge in [0.05, 0.1) is 0 Å². The van der Waals surface area contributed by atoms with E-state index in [1.807, 2.05) is 0 Å². The van der Waals surface area contributed by atoms with Crippen LogP contribution in [0.1, 0.15) is 32.1 Å². The molecule has 4 fully saturated rings. The summed E-state index contributed by atoms with van der Waals surface area (Å²) in [5, 5.41) is 1.12.